The highest BCUT2D eigenvalue weighted by Crippen LogP contribution is 2.22. The van der Waals surface area contributed by atoms with Crippen molar-refractivity contribution < 1.29 is 22.0 Å². The van der Waals surface area contributed by atoms with Crippen LogP contribution in [0.1, 0.15) is 23.2 Å². The van der Waals surface area contributed by atoms with Crippen molar-refractivity contribution >= 4 is 15.9 Å². The molecule has 1 fully saturated rings. The first-order valence-corrected chi connectivity index (χ1v) is 9.63. The third-order valence-electron chi connectivity index (χ3n) is 4.35. The fourth-order valence-electron chi connectivity index (χ4n) is 2.89. The van der Waals surface area contributed by atoms with Crippen LogP contribution in [0.15, 0.2) is 53.4 Å². The van der Waals surface area contributed by atoms with Gasteiger partial charge in [-0.25, -0.2) is 17.2 Å². The van der Waals surface area contributed by atoms with E-state index < -0.39 is 21.7 Å². The van der Waals surface area contributed by atoms with Gasteiger partial charge in [-0.15, -0.1) is 0 Å². The molecular formula is C18H18F2N2O3S. The van der Waals surface area contributed by atoms with Gasteiger partial charge in [-0.3, -0.25) is 4.79 Å². The minimum atomic E-state index is -3.89. The van der Waals surface area contributed by atoms with Crippen LogP contribution in [0.5, 0.6) is 0 Å². The molecule has 1 heterocycles. The smallest absolute Gasteiger partial charge is 0.251 e. The average molecular weight is 380 g/mol. The van der Waals surface area contributed by atoms with Gasteiger partial charge in [-0.05, 0) is 43.2 Å². The lowest BCUT2D eigenvalue weighted by atomic mass is 10.1. The first kappa shape index (κ1) is 18.5. The van der Waals surface area contributed by atoms with E-state index in [4.69, 9.17) is 0 Å². The fourth-order valence-corrected chi connectivity index (χ4v) is 4.37. The van der Waals surface area contributed by atoms with Crippen LogP contribution in [0.3, 0.4) is 0 Å². The number of rotatable bonds is 4. The lowest BCUT2D eigenvalue weighted by molar-refractivity contribution is 0.0924. The third kappa shape index (κ3) is 3.91. The zero-order chi connectivity index (χ0) is 18.7. The van der Waals surface area contributed by atoms with Crippen molar-refractivity contribution in [1.82, 2.24) is 9.62 Å². The summed E-state index contributed by atoms with van der Waals surface area (Å²) in [4.78, 5) is 11.9. The molecular weight excluding hydrogens is 362 g/mol. The number of nitrogens with one attached hydrogen (secondary N) is 1. The van der Waals surface area contributed by atoms with E-state index in [0.717, 1.165) is 12.1 Å². The van der Waals surface area contributed by atoms with Crippen molar-refractivity contribution in [1.29, 1.82) is 0 Å². The van der Waals surface area contributed by atoms with Crippen LogP contribution in [0.4, 0.5) is 8.78 Å². The molecule has 138 valence electrons. The van der Waals surface area contributed by atoms with Crippen LogP contribution in [-0.2, 0) is 10.0 Å². The predicted octanol–water partition coefficient (Wildman–Crippen LogP) is 2.55. The van der Waals surface area contributed by atoms with Crippen molar-refractivity contribution in [3.63, 3.8) is 0 Å². The summed E-state index contributed by atoms with van der Waals surface area (Å²) in [6.45, 7) is 0.391. The molecule has 1 N–H and O–H groups in total. The second-order valence-electron chi connectivity index (χ2n) is 6.09. The summed E-state index contributed by atoms with van der Waals surface area (Å²) < 4.78 is 52.7. The van der Waals surface area contributed by atoms with Crippen molar-refractivity contribution in [2.75, 3.05) is 13.1 Å². The number of benzene rings is 2. The second kappa shape index (κ2) is 7.51. The van der Waals surface area contributed by atoms with Crippen LogP contribution >= 0.6 is 0 Å². The molecule has 2 aromatic carbocycles. The zero-order valence-corrected chi connectivity index (χ0v) is 14.7. The summed E-state index contributed by atoms with van der Waals surface area (Å²) in [6.07, 6.45) is 0.892. The van der Waals surface area contributed by atoms with Crippen LogP contribution in [0, 0.1) is 11.6 Å². The van der Waals surface area contributed by atoms with Gasteiger partial charge in [0.25, 0.3) is 5.91 Å². The number of hydrogen-bond donors (Lipinski definition) is 1. The lowest BCUT2D eigenvalue weighted by Gasteiger charge is -2.31. The van der Waals surface area contributed by atoms with Gasteiger partial charge in [0, 0.05) is 24.7 Å². The van der Waals surface area contributed by atoms with Gasteiger partial charge in [0.2, 0.25) is 10.0 Å². The Morgan fingerprint density at radius 3 is 2.27 bits per heavy atom. The molecule has 5 nitrogen and oxygen atoms in total. The molecule has 0 radical (unpaired) electrons. The van der Waals surface area contributed by atoms with Crippen molar-refractivity contribution in [3.05, 3.63) is 65.7 Å². The molecule has 0 aliphatic carbocycles. The molecule has 0 saturated carbocycles. The molecule has 1 aliphatic heterocycles. The molecule has 26 heavy (non-hydrogen) atoms. The number of carbonyl (C=O) groups is 1. The van der Waals surface area contributed by atoms with Crippen LogP contribution in [-0.4, -0.2) is 37.8 Å². The molecule has 1 saturated heterocycles. The van der Waals surface area contributed by atoms with Crippen LogP contribution in [0.25, 0.3) is 0 Å². The Hall–Kier alpha value is -2.32. The number of halogens is 2. The molecule has 0 atom stereocenters. The number of sulfonamides is 1. The Kier molecular flexibility index (Phi) is 5.33. The van der Waals surface area contributed by atoms with Gasteiger partial charge in [-0.1, -0.05) is 18.2 Å². The molecule has 1 aliphatic rings. The number of nitrogens with zero attached hydrogens (tertiary/aromatic N) is 1. The Bertz CT molecular complexity index is 896. The molecule has 2 aromatic rings. The largest absolute Gasteiger partial charge is 0.349 e. The maximum absolute atomic E-state index is 13.3. The number of amides is 1. The van der Waals surface area contributed by atoms with E-state index in [1.54, 1.807) is 24.3 Å². The van der Waals surface area contributed by atoms with E-state index in [1.807, 2.05) is 6.07 Å². The van der Waals surface area contributed by atoms with Gasteiger partial charge >= 0.3 is 0 Å². The highest BCUT2D eigenvalue weighted by Gasteiger charge is 2.30. The van der Waals surface area contributed by atoms with Crippen molar-refractivity contribution in [2.24, 2.45) is 0 Å². The normalized spacial score (nSPS) is 16.4. The minimum absolute atomic E-state index is 0.140. The summed E-state index contributed by atoms with van der Waals surface area (Å²) in [5, 5.41) is 2.89. The van der Waals surface area contributed by atoms with Crippen LogP contribution in [0.2, 0.25) is 0 Å². The monoisotopic (exact) mass is 380 g/mol. The van der Waals surface area contributed by atoms with Crippen molar-refractivity contribution in [2.45, 2.75) is 23.8 Å². The topological polar surface area (TPSA) is 66.5 Å². The Labute approximate surface area is 150 Å². The minimum Gasteiger partial charge on any atom is -0.349 e. The van der Waals surface area contributed by atoms with E-state index in [2.05, 4.69) is 5.32 Å². The van der Waals surface area contributed by atoms with Gasteiger partial charge in [0.15, 0.2) is 11.6 Å². The standard InChI is InChI=1S/C18H18F2N2O3S/c19-16-7-6-15(12-17(16)20)26(24,25)22-10-8-14(9-11-22)21-18(23)13-4-2-1-3-5-13/h1-7,12,14H,8-11H2,(H,21,23). The summed E-state index contributed by atoms with van der Waals surface area (Å²) in [5.74, 6) is -2.49. The van der Waals surface area contributed by atoms with E-state index in [0.29, 0.717) is 24.5 Å². The first-order chi connectivity index (χ1) is 12.4. The van der Waals surface area contributed by atoms with Gasteiger partial charge in [0.1, 0.15) is 0 Å². The summed E-state index contributed by atoms with van der Waals surface area (Å²) in [7, 11) is -3.89. The molecule has 8 heteroatoms. The van der Waals surface area contributed by atoms with Crippen LogP contribution < -0.4 is 5.32 Å². The Morgan fingerprint density at radius 2 is 1.65 bits per heavy atom. The Morgan fingerprint density at radius 1 is 1.00 bits per heavy atom. The van der Waals surface area contributed by atoms with Gasteiger partial charge in [-0.2, -0.15) is 4.31 Å². The Balaban J connectivity index is 1.62. The van der Waals surface area contributed by atoms with E-state index in [-0.39, 0.29) is 29.9 Å². The number of hydrogen-bond acceptors (Lipinski definition) is 3. The zero-order valence-electron chi connectivity index (χ0n) is 13.9. The number of piperidine rings is 1. The first-order valence-electron chi connectivity index (χ1n) is 8.19. The maximum atomic E-state index is 13.3. The molecule has 3 rings (SSSR count). The summed E-state index contributed by atoms with van der Waals surface area (Å²) in [5.41, 5.74) is 0.546. The third-order valence-corrected chi connectivity index (χ3v) is 6.25. The molecule has 0 unspecified atom stereocenters. The number of carbonyl (C=O) groups excluding carboxylic acids is 1. The molecule has 1 amide bonds. The maximum Gasteiger partial charge on any atom is 0.251 e. The van der Waals surface area contributed by atoms with E-state index >= 15 is 0 Å². The predicted molar refractivity (Wildman–Crippen MR) is 92.0 cm³/mol. The summed E-state index contributed by atoms with van der Waals surface area (Å²) in [6, 6.07) is 11.2. The fraction of sp³-hybridized carbons (Fsp3) is 0.278. The highest BCUT2D eigenvalue weighted by molar-refractivity contribution is 7.89. The molecule has 0 aromatic heterocycles. The second-order valence-corrected chi connectivity index (χ2v) is 8.03. The van der Waals surface area contributed by atoms with E-state index in [9.17, 15) is 22.0 Å². The lowest BCUT2D eigenvalue weighted by Crippen LogP contribution is -2.46. The van der Waals surface area contributed by atoms with Crippen molar-refractivity contribution in [3.8, 4) is 0 Å². The SMILES string of the molecule is O=C(NC1CCN(S(=O)(=O)c2ccc(F)c(F)c2)CC1)c1ccccc1. The molecule has 0 spiro atoms. The highest BCUT2D eigenvalue weighted by atomic mass is 32.2. The van der Waals surface area contributed by atoms with E-state index in [1.165, 1.54) is 4.31 Å². The van der Waals surface area contributed by atoms with Gasteiger partial charge < -0.3 is 5.32 Å². The average Bonchev–Trinajstić information content (AvgIpc) is 2.65. The molecule has 0 bridgehead atoms. The quantitative estimate of drug-likeness (QED) is 0.887. The van der Waals surface area contributed by atoms with Gasteiger partial charge in [0.05, 0.1) is 4.90 Å². The summed E-state index contributed by atoms with van der Waals surface area (Å²) >= 11 is 0.